The molecule has 0 aliphatic heterocycles. The highest BCUT2D eigenvalue weighted by Crippen LogP contribution is 2.49. The van der Waals surface area contributed by atoms with E-state index in [1.165, 1.54) is 27.1 Å². The van der Waals surface area contributed by atoms with Crippen LogP contribution in [0.3, 0.4) is 0 Å². The third-order valence-electron chi connectivity index (χ3n) is 0.923. The van der Waals surface area contributed by atoms with Crippen LogP contribution in [0.25, 0.3) is 0 Å². The van der Waals surface area contributed by atoms with Crippen molar-refractivity contribution in [2.24, 2.45) is 0 Å². The van der Waals surface area contributed by atoms with Gasteiger partial charge in [-0.15, -0.1) is 0 Å². The van der Waals surface area contributed by atoms with Crippen LogP contribution in [0.5, 0.6) is 0 Å². The lowest BCUT2D eigenvalue weighted by atomic mass is 10.6. The van der Waals surface area contributed by atoms with Gasteiger partial charge in [0.1, 0.15) is 0 Å². The summed E-state index contributed by atoms with van der Waals surface area (Å²) in [6, 6.07) is 0. The largest absolute Gasteiger partial charge is 0.420 e. The molecule has 0 saturated heterocycles. The molecule has 0 bridgehead atoms. The first kappa shape index (κ1) is 11.6. The molecule has 0 rings (SSSR count). The molecule has 0 radical (unpaired) electrons. The van der Waals surface area contributed by atoms with Gasteiger partial charge in [0.2, 0.25) is 0 Å². The number of carbonyl (C=O) groups excluding carboxylic acids is 1. The fraction of sp³-hybridized carbons (Fsp3) is 0.500. The van der Waals surface area contributed by atoms with Gasteiger partial charge in [0.15, 0.2) is 11.7 Å². The van der Waals surface area contributed by atoms with Crippen LogP contribution in [0.4, 0.5) is 0 Å². The maximum absolute atomic E-state index is 9.84. The molecule has 0 spiro atoms. The summed E-state index contributed by atoms with van der Waals surface area (Å²) in [7, 11) is 2.75. The molecular weight excluding hydrogens is 199 g/mol. The molecule has 68 valence electrons. The molecule has 0 amide bonds. The standard InChI is InChI=1S/C6H9O4PS/c1-6(4-5-7)10-11(12,8-2)9-3/h1-3H3. The molecule has 6 heteroatoms. The fourth-order valence-electron chi connectivity index (χ4n) is 0.411. The monoisotopic (exact) mass is 208 g/mol. The van der Waals surface area contributed by atoms with Crippen molar-refractivity contribution in [2.75, 3.05) is 14.2 Å². The summed E-state index contributed by atoms with van der Waals surface area (Å²) in [6.07, 6.45) is 0. The van der Waals surface area contributed by atoms with Gasteiger partial charge in [0, 0.05) is 38.7 Å². The minimum absolute atomic E-state index is 0.206. The number of hydrogen-bond acceptors (Lipinski definition) is 5. The first-order valence-corrected chi connectivity index (χ1v) is 5.51. The van der Waals surface area contributed by atoms with E-state index in [0.29, 0.717) is 0 Å². The quantitative estimate of drug-likeness (QED) is 0.302. The van der Waals surface area contributed by atoms with E-state index in [0.717, 1.165) is 0 Å². The van der Waals surface area contributed by atoms with Crippen molar-refractivity contribution in [1.82, 2.24) is 0 Å². The summed E-state index contributed by atoms with van der Waals surface area (Å²) < 4.78 is 14.6. The lowest BCUT2D eigenvalue weighted by Crippen LogP contribution is -1.91. The summed E-state index contributed by atoms with van der Waals surface area (Å²) in [4.78, 5) is 9.84. The molecule has 0 aromatic heterocycles. The molecule has 0 aliphatic carbocycles. The lowest BCUT2D eigenvalue weighted by molar-refractivity contribution is 0.242. The molecular formula is C6H9O4PS. The van der Waals surface area contributed by atoms with Gasteiger partial charge in [-0.1, -0.05) is 0 Å². The van der Waals surface area contributed by atoms with Gasteiger partial charge in [0.25, 0.3) is 0 Å². The van der Waals surface area contributed by atoms with Crippen LogP contribution in [0.2, 0.25) is 0 Å². The average Bonchev–Trinajstić information content (AvgIpc) is 2.05. The van der Waals surface area contributed by atoms with E-state index in [9.17, 15) is 4.79 Å². The van der Waals surface area contributed by atoms with Gasteiger partial charge in [0.05, 0.1) is 0 Å². The van der Waals surface area contributed by atoms with Crippen LogP contribution in [0, 0.1) is 0 Å². The van der Waals surface area contributed by atoms with Crippen LogP contribution >= 0.6 is 6.72 Å². The second-order valence-electron chi connectivity index (χ2n) is 1.69. The Bertz CT molecular complexity index is 267. The number of hydrogen-bond donors (Lipinski definition) is 0. The van der Waals surface area contributed by atoms with Gasteiger partial charge < -0.3 is 13.6 Å². The molecule has 4 nitrogen and oxygen atoms in total. The molecule has 0 N–H and O–H groups in total. The van der Waals surface area contributed by atoms with E-state index in [4.69, 9.17) is 25.4 Å². The molecule has 0 atom stereocenters. The fourth-order valence-corrected chi connectivity index (χ4v) is 1.43. The normalized spacial score (nSPS) is 9.92. The van der Waals surface area contributed by atoms with Crippen LogP contribution in [-0.2, 0) is 30.2 Å². The Morgan fingerprint density at radius 2 is 1.92 bits per heavy atom. The first-order chi connectivity index (χ1) is 5.58. The Morgan fingerprint density at radius 3 is 2.25 bits per heavy atom. The van der Waals surface area contributed by atoms with Crippen molar-refractivity contribution in [1.29, 1.82) is 0 Å². The zero-order valence-electron chi connectivity index (χ0n) is 6.99. The van der Waals surface area contributed by atoms with E-state index >= 15 is 0 Å². The van der Waals surface area contributed by atoms with Gasteiger partial charge in [-0.25, -0.2) is 4.79 Å². The van der Waals surface area contributed by atoms with Gasteiger partial charge in [-0.2, -0.15) is 0 Å². The van der Waals surface area contributed by atoms with Crippen molar-refractivity contribution in [3.05, 3.63) is 11.5 Å². The minimum Gasteiger partial charge on any atom is -0.420 e. The molecule has 0 heterocycles. The average molecular weight is 208 g/mol. The van der Waals surface area contributed by atoms with Gasteiger partial charge >= 0.3 is 6.72 Å². The zero-order chi connectivity index (χ0) is 9.61. The number of rotatable bonds is 4. The molecule has 0 fully saturated rings. The van der Waals surface area contributed by atoms with Crippen molar-refractivity contribution in [3.63, 3.8) is 0 Å². The third-order valence-corrected chi connectivity index (χ3v) is 3.43. The summed E-state index contributed by atoms with van der Waals surface area (Å²) in [5.74, 6) is 1.64. The smallest absolute Gasteiger partial charge is 0.380 e. The predicted molar refractivity (Wildman–Crippen MR) is 47.8 cm³/mol. The summed E-state index contributed by atoms with van der Waals surface area (Å²) in [5, 5.41) is 0. The van der Waals surface area contributed by atoms with Crippen molar-refractivity contribution >= 4 is 24.5 Å². The van der Waals surface area contributed by atoms with E-state index in [2.05, 4.69) is 5.73 Å². The van der Waals surface area contributed by atoms with Gasteiger partial charge in [-0.3, -0.25) is 0 Å². The molecule has 0 aliphatic rings. The summed E-state index contributed by atoms with van der Waals surface area (Å²) in [6.45, 7) is -1.19. The molecule has 0 aromatic rings. The Balaban J connectivity index is 4.53. The van der Waals surface area contributed by atoms with Crippen LogP contribution in [-0.4, -0.2) is 20.2 Å². The topological polar surface area (TPSA) is 44.8 Å². The van der Waals surface area contributed by atoms with E-state index in [1.807, 2.05) is 0 Å². The summed E-state index contributed by atoms with van der Waals surface area (Å²) in [5.41, 5.74) is 2.16. The molecule has 0 saturated carbocycles. The van der Waals surface area contributed by atoms with Crippen LogP contribution in [0.1, 0.15) is 6.92 Å². The SMILES string of the molecule is COP(=S)(OC)OC(C)=C=C=O. The Labute approximate surface area is 76.1 Å². The Hall–Kier alpha value is -0.400. The second kappa shape index (κ2) is 5.28. The third kappa shape index (κ3) is 3.84. The maximum Gasteiger partial charge on any atom is 0.380 e. The molecule has 0 unspecified atom stereocenters. The van der Waals surface area contributed by atoms with E-state index in [-0.39, 0.29) is 5.76 Å². The van der Waals surface area contributed by atoms with Gasteiger partial charge in [-0.05, 0) is 0 Å². The number of allylic oxidation sites excluding steroid dienone is 1. The van der Waals surface area contributed by atoms with Crippen molar-refractivity contribution < 1.29 is 18.4 Å². The molecule has 12 heavy (non-hydrogen) atoms. The van der Waals surface area contributed by atoms with Crippen molar-refractivity contribution in [2.45, 2.75) is 6.92 Å². The minimum atomic E-state index is -2.71. The van der Waals surface area contributed by atoms with Crippen LogP contribution < -0.4 is 0 Å². The Morgan fingerprint density at radius 1 is 1.42 bits per heavy atom. The van der Waals surface area contributed by atoms with Crippen molar-refractivity contribution in [3.8, 4) is 0 Å². The second-order valence-corrected chi connectivity index (χ2v) is 4.84. The summed E-state index contributed by atoms with van der Waals surface area (Å²) >= 11 is 4.85. The van der Waals surface area contributed by atoms with E-state index < -0.39 is 6.72 Å². The van der Waals surface area contributed by atoms with E-state index in [1.54, 1.807) is 0 Å². The maximum atomic E-state index is 9.84. The van der Waals surface area contributed by atoms with Crippen LogP contribution in [0.15, 0.2) is 11.5 Å². The molecule has 0 aromatic carbocycles. The predicted octanol–water partition coefficient (Wildman–Crippen LogP) is 1.41. The zero-order valence-corrected chi connectivity index (χ0v) is 8.70. The lowest BCUT2D eigenvalue weighted by Gasteiger charge is -2.16. The first-order valence-electron chi connectivity index (χ1n) is 2.96. The highest BCUT2D eigenvalue weighted by atomic mass is 32.5. The highest BCUT2D eigenvalue weighted by molar-refractivity contribution is 8.07. The Kier molecular flexibility index (Phi) is 5.11. The highest BCUT2D eigenvalue weighted by Gasteiger charge is 2.17.